The molecule has 0 bridgehead atoms. The molecule has 2 aromatic carbocycles. The van der Waals surface area contributed by atoms with E-state index in [1.165, 1.54) is 0 Å². The van der Waals surface area contributed by atoms with Crippen LogP contribution in [0, 0.1) is 0 Å². The van der Waals surface area contributed by atoms with Gasteiger partial charge in [-0.15, -0.1) is 0 Å². The maximum absolute atomic E-state index is 12.8. The molecule has 0 aliphatic carbocycles. The Hall–Kier alpha value is -2.35. The summed E-state index contributed by atoms with van der Waals surface area (Å²) in [6, 6.07) is 12.2. The van der Waals surface area contributed by atoms with Gasteiger partial charge >= 0.3 is 0 Å². The molecule has 1 aliphatic heterocycles. The van der Waals surface area contributed by atoms with Crippen molar-refractivity contribution in [1.29, 1.82) is 0 Å². The lowest BCUT2D eigenvalue weighted by molar-refractivity contribution is 0.0932. The predicted molar refractivity (Wildman–Crippen MR) is 104 cm³/mol. The smallest absolute Gasteiger partial charge is 0.268 e. The first kappa shape index (κ1) is 18.0. The molecule has 4 rings (SSSR count). The molecule has 140 valence electrons. The van der Waals surface area contributed by atoms with Gasteiger partial charge in [0.05, 0.1) is 10.9 Å². The third-order valence-electron chi connectivity index (χ3n) is 4.91. The molecule has 2 heterocycles. The third kappa shape index (κ3) is 3.12. The maximum Gasteiger partial charge on any atom is 0.268 e. The number of rotatable bonds is 3. The van der Waals surface area contributed by atoms with Crippen LogP contribution in [0.25, 0.3) is 10.9 Å². The van der Waals surface area contributed by atoms with Crippen molar-refractivity contribution in [1.82, 2.24) is 14.6 Å². The molecule has 1 amide bonds. The highest BCUT2D eigenvalue weighted by atomic mass is 35.5. The summed E-state index contributed by atoms with van der Waals surface area (Å²) in [5, 5.41) is 4.53. The van der Waals surface area contributed by atoms with E-state index in [4.69, 9.17) is 11.6 Å². The standard InChI is InChI=1S/C19H18ClN3O3S/c1-11(12-4-6-18-14(7-12)10-21-27(18,25)26)22-19(24)17-8-13-3-5-15(20)9-16(13)23(17)2/h3-9,11,21H,10H2,1-2H3,(H,22,24). The van der Waals surface area contributed by atoms with Crippen LogP contribution >= 0.6 is 11.6 Å². The van der Waals surface area contributed by atoms with Crippen molar-refractivity contribution >= 4 is 38.4 Å². The molecule has 2 N–H and O–H groups in total. The van der Waals surface area contributed by atoms with Gasteiger partial charge in [0, 0.05) is 29.5 Å². The van der Waals surface area contributed by atoms with Gasteiger partial charge in [-0.3, -0.25) is 4.79 Å². The fourth-order valence-corrected chi connectivity index (χ4v) is 4.79. The number of benzene rings is 2. The molecule has 0 saturated carbocycles. The van der Waals surface area contributed by atoms with Crippen LogP contribution in [0.15, 0.2) is 47.4 Å². The first-order valence-electron chi connectivity index (χ1n) is 8.44. The highest BCUT2D eigenvalue weighted by molar-refractivity contribution is 7.89. The molecular weight excluding hydrogens is 386 g/mol. The number of carbonyl (C=O) groups is 1. The molecule has 0 spiro atoms. The van der Waals surface area contributed by atoms with Crippen molar-refractivity contribution in [3.05, 3.63) is 64.3 Å². The highest BCUT2D eigenvalue weighted by Gasteiger charge is 2.26. The zero-order chi connectivity index (χ0) is 19.3. The van der Waals surface area contributed by atoms with Gasteiger partial charge in [-0.25, -0.2) is 13.1 Å². The Morgan fingerprint density at radius 3 is 2.78 bits per heavy atom. The summed E-state index contributed by atoms with van der Waals surface area (Å²) < 4.78 is 28.0. The number of nitrogens with zero attached hydrogens (tertiary/aromatic N) is 1. The van der Waals surface area contributed by atoms with Crippen LogP contribution in [0.5, 0.6) is 0 Å². The molecule has 0 saturated heterocycles. The van der Waals surface area contributed by atoms with Crippen molar-refractivity contribution in [2.24, 2.45) is 7.05 Å². The lowest BCUT2D eigenvalue weighted by atomic mass is 10.0. The van der Waals surface area contributed by atoms with Gasteiger partial charge < -0.3 is 9.88 Å². The van der Waals surface area contributed by atoms with Gasteiger partial charge in [0.1, 0.15) is 5.69 Å². The Kier molecular flexibility index (Phi) is 4.25. The Morgan fingerprint density at radius 2 is 2.00 bits per heavy atom. The molecule has 8 heteroatoms. The van der Waals surface area contributed by atoms with Crippen LogP contribution in [0.3, 0.4) is 0 Å². The normalized spacial score (nSPS) is 16.3. The van der Waals surface area contributed by atoms with Gasteiger partial charge in [0.2, 0.25) is 10.0 Å². The number of amides is 1. The lowest BCUT2D eigenvalue weighted by Gasteiger charge is -2.15. The molecule has 1 atom stereocenters. The number of aromatic nitrogens is 1. The second-order valence-corrected chi connectivity index (χ2v) is 8.85. The third-order valence-corrected chi connectivity index (χ3v) is 6.65. The Bertz CT molecular complexity index is 1180. The van der Waals surface area contributed by atoms with Crippen LogP contribution in [0.2, 0.25) is 5.02 Å². The fourth-order valence-electron chi connectivity index (χ4n) is 3.39. The van der Waals surface area contributed by atoms with E-state index in [9.17, 15) is 13.2 Å². The number of halogens is 1. The first-order chi connectivity index (χ1) is 12.8. The molecule has 1 unspecified atom stereocenters. The van der Waals surface area contributed by atoms with Crippen LogP contribution in [-0.4, -0.2) is 18.9 Å². The summed E-state index contributed by atoms with van der Waals surface area (Å²) in [5.74, 6) is -0.205. The summed E-state index contributed by atoms with van der Waals surface area (Å²) in [4.78, 5) is 13.1. The predicted octanol–water partition coefficient (Wildman–Crippen LogP) is 3.11. The average Bonchev–Trinajstić information content (AvgIpc) is 3.12. The highest BCUT2D eigenvalue weighted by Crippen LogP contribution is 2.27. The van der Waals surface area contributed by atoms with E-state index in [-0.39, 0.29) is 18.5 Å². The SMILES string of the molecule is CC(NC(=O)c1cc2ccc(Cl)cc2n1C)c1ccc2c(c1)CNS2(=O)=O. The molecule has 1 aliphatic rings. The van der Waals surface area contributed by atoms with Gasteiger partial charge in [0.25, 0.3) is 5.91 Å². The van der Waals surface area contributed by atoms with Crippen molar-refractivity contribution < 1.29 is 13.2 Å². The van der Waals surface area contributed by atoms with E-state index in [2.05, 4.69) is 10.0 Å². The van der Waals surface area contributed by atoms with E-state index in [1.54, 1.807) is 18.2 Å². The van der Waals surface area contributed by atoms with Crippen molar-refractivity contribution in [2.45, 2.75) is 24.4 Å². The van der Waals surface area contributed by atoms with Crippen LogP contribution < -0.4 is 10.0 Å². The van der Waals surface area contributed by atoms with Crippen LogP contribution in [0.1, 0.15) is 34.6 Å². The summed E-state index contributed by atoms with van der Waals surface area (Å²) in [7, 11) is -1.57. The van der Waals surface area contributed by atoms with E-state index in [0.717, 1.165) is 16.5 Å². The van der Waals surface area contributed by atoms with Gasteiger partial charge in [-0.05, 0) is 42.3 Å². The monoisotopic (exact) mass is 403 g/mol. The Morgan fingerprint density at radius 1 is 1.22 bits per heavy atom. The van der Waals surface area contributed by atoms with Crippen molar-refractivity contribution in [2.75, 3.05) is 0 Å². The van der Waals surface area contributed by atoms with E-state index < -0.39 is 10.0 Å². The number of fused-ring (bicyclic) bond motifs is 2. The van der Waals surface area contributed by atoms with Crippen LogP contribution in [0.4, 0.5) is 0 Å². The molecule has 3 aromatic rings. The average molecular weight is 404 g/mol. The van der Waals surface area contributed by atoms with Gasteiger partial charge in [-0.1, -0.05) is 29.8 Å². The number of sulfonamides is 1. The largest absolute Gasteiger partial charge is 0.344 e. The molecule has 6 nitrogen and oxygen atoms in total. The van der Waals surface area contributed by atoms with Crippen molar-refractivity contribution in [3.8, 4) is 0 Å². The second kappa shape index (κ2) is 6.37. The quantitative estimate of drug-likeness (QED) is 0.705. The molecular formula is C19H18ClN3O3S. The van der Waals surface area contributed by atoms with E-state index in [1.807, 2.05) is 42.8 Å². The number of carbonyl (C=O) groups excluding carboxylic acids is 1. The minimum absolute atomic E-state index is 0.205. The second-order valence-electron chi connectivity index (χ2n) is 6.68. The maximum atomic E-state index is 12.8. The summed E-state index contributed by atoms with van der Waals surface area (Å²) >= 11 is 6.05. The summed E-state index contributed by atoms with van der Waals surface area (Å²) in [6.45, 7) is 2.15. The minimum atomic E-state index is -3.39. The minimum Gasteiger partial charge on any atom is -0.344 e. The zero-order valence-electron chi connectivity index (χ0n) is 14.8. The number of nitrogens with one attached hydrogen (secondary N) is 2. The Labute approximate surface area is 162 Å². The number of aryl methyl sites for hydroxylation is 1. The fraction of sp³-hybridized carbons (Fsp3) is 0.211. The lowest BCUT2D eigenvalue weighted by Crippen LogP contribution is -2.28. The molecule has 0 fully saturated rings. The van der Waals surface area contributed by atoms with Gasteiger partial charge in [-0.2, -0.15) is 0 Å². The number of hydrogen-bond donors (Lipinski definition) is 2. The van der Waals surface area contributed by atoms with Crippen LogP contribution in [-0.2, 0) is 23.6 Å². The topological polar surface area (TPSA) is 80.2 Å². The summed E-state index contributed by atoms with van der Waals surface area (Å²) in [6.07, 6.45) is 0. The first-order valence-corrected chi connectivity index (χ1v) is 10.3. The van der Waals surface area contributed by atoms with Crippen molar-refractivity contribution in [3.63, 3.8) is 0 Å². The van der Waals surface area contributed by atoms with E-state index >= 15 is 0 Å². The molecule has 0 radical (unpaired) electrons. The Balaban J connectivity index is 1.59. The molecule has 1 aromatic heterocycles. The number of hydrogen-bond acceptors (Lipinski definition) is 3. The van der Waals surface area contributed by atoms with Gasteiger partial charge in [0.15, 0.2) is 0 Å². The zero-order valence-corrected chi connectivity index (χ0v) is 16.4. The summed E-state index contributed by atoms with van der Waals surface area (Å²) in [5.41, 5.74) is 2.98. The van der Waals surface area contributed by atoms with E-state index in [0.29, 0.717) is 21.2 Å². The molecule has 27 heavy (non-hydrogen) atoms.